The zero-order valence-corrected chi connectivity index (χ0v) is 10.8. The van der Waals surface area contributed by atoms with Gasteiger partial charge in [0.05, 0.1) is 11.6 Å². The van der Waals surface area contributed by atoms with Gasteiger partial charge in [0.1, 0.15) is 17.8 Å². The number of carboxylic acid groups (broad SMARTS) is 1. The molecule has 100 valence electrons. The van der Waals surface area contributed by atoms with Gasteiger partial charge in [-0.25, -0.2) is 4.79 Å². The van der Waals surface area contributed by atoms with Crippen LogP contribution < -0.4 is 5.32 Å². The van der Waals surface area contributed by atoms with E-state index in [0.29, 0.717) is 0 Å². The van der Waals surface area contributed by atoms with Gasteiger partial charge in [0.25, 0.3) is 5.91 Å². The first kappa shape index (κ1) is 13.4. The van der Waals surface area contributed by atoms with Crippen LogP contribution in [0.3, 0.4) is 0 Å². The number of nitriles is 1. The summed E-state index contributed by atoms with van der Waals surface area (Å²) in [6.45, 7) is 1.74. The molecule has 8 heteroatoms. The van der Waals surface area contributed by atoms with Crippen LogP contribution in [0.5, 0.6) is 0 Å². The first-order valence-electron chi connectivity index (χ1n) is 5.54. The molecule has 2 heterocycles. The molecule has 0 saturated carbocycles. The van der Waals surface area contributed by atoms with E-state index in [1.165, 1.54) is 22.9 Å². The van der Waals surface area contributed by atoms with Crippen LogP contribution in [0.2, 0.25) is 0 Å². The molecule has 1 fully saturated rings. The van der Waals surface area contributed by atoms with Crippen LogP contribution in [0, 0.1) is 11.3 Å². The molecule has 0 aromatic heterocycles. The maximum Gasteiger partial charge on any atom is 0.334 e. The fraction of sp³-hybridized carbons (Fsp3) is 0.455. The normalized spacial score (nSPS) is 28.6. The number of fused-ring (bicyclic) bond motifs is 1. The minimum atomic E-state index is -1.05. The van der Waals surface area contributed by atoms with Gasteiger partial charge in [-0.1, -0.05) is 0 Å². The molecule has 2 unspecified atom stereocenters. The highest BCUT2D eigenvalue weighted by Gasteiger charge is 2.51. The van der Waals surface area contributed by atoms with Crippen LogP contribution in [-0.2, 0) is 14.4 Å². The molecule has 2 N–H and O–H groups in total. The van der Waals surface area contributed by atoms with Crippen molar-refractivity contribution < 1.29 is 19.5 Å². The Labute approximate surface area is 113 Å². The first-order chi connectivity index (χ1) is 8.95. The largest absolute Gasteiger partial charge is 0.478 e. The lowest BCUT2D eigenvalue weighted by molar-refractivity contribution is -0.145. The molecule has 19 heavy (non-hydrogen) atoms. The van der Waals surface area contributed by atoms with Crippen molar-refractivity contribution in [3.05, 3.63) is 11.8 Å². The Balaban J connectivity index is 2.09. The highest BCUT2D eigenvalue weighted by molar-refractivity contribution is 8.00. The van der Waals surface area contributed by atoms with Gasteiger partial charge in [0, 0.05) is 11.4 Å². The molecule has 2 amide bonds. The number of rotatable bonds is 3. The summed E-state index contributed by atoms with van der Waals surface area (Å²) < 4.78 is 0. The Bertz CT molecular complexity index is 525. The zero-order chi connectivity index (χ0) is 14.2. The number of carboxylic acids is 1. The van der Waals surface area contributed by atoms with Crippen LogP contribution in [-0.4, -0.2) is 44.5 Å². The average molecular weight is 281 g/mol. The van der Waals surface area contributed by atoms with E-state index in [9.17, 15) is 14.4 Å². The lowest BCUT2D eigenvalue weighted by atomic mass is 10.1. The summed E-state index contributed by atoms with van der Waals surface area (Å²) in [5.74, 6) is -1.90. The third-order valence-electron chi connectivity index (χ3n) is 2.94. The number of thioether (sulfide) groups is 1. The third-order valence-corrected chi connectivity index (χ3v) is 4.38. The highest BCUT2D eigenvalue weighted by atomic mass is 32.2. The van der Waals surface area contributed by atoms with E-state index in [4.69, 9.17) is 10.4 Å². The van der Waals surface area contributed by atoms with Gasteiger partial charge >= 0.3 is 5.97 Å². The molecule has 2 aliphatic rings. The van der Waals surface area contributed by atoms with Gasteiger partial charge in [0.2, 0.25) is 5.91 Å². The second-order valence-corrected chi connectivity index (χ2v) is 5.65. The van der Waals surface area contributed by atoms with Crippen molar-refractivity contribution in [1.29, 1.82) is 5.26 Å². The molecule has 0 aromatic rings. The number of carbonyl (C=O) groups excluding carboxylic acids is 2. The fourth-order valence-corrected chi connectivity index (χ4v) is 3.33. The Morgan fingerprint density at radius 3 is 2.89 bits per heavy atom. The molecular formula is C11H11N3O4S. The van der Waals surface area contributed by atoms with Crippen molar-refractivity contribution in [3.8, 4) is 6.07 Å². The number of hydrogen-bond donors (Lipinski definition) is 2. The molecule has 0 aromatic carbocycles. The zero-order valence-electron chi connectivity index (χ0n) is 9.99. The Morgan fingerprint density at radius 1 is 1.63 bits per heavy atom. The van der Waals surface area contributed by atoms with Crippen LogP contribution in [0.15, 0.2) is 11.8 Å². The number of aliphatic carboxylic acids is 1. The summed E-state index contributed by atoms with van der Waals surface area (Å²) in [5, 5.41) is 19.3. The molecular weight excluding hydrogens is 270 g/mol. The Morgan fingerprint density at radius 2 is 2.32 bits per heavy atom. The number of nitrogens with zero attached hydrogens (tertiary/aromatic N) is 2. The smallest absolute Gasteiger partial charge is 0.334 e. The van der Waals surface area contributed by atoms with E-state index >= 15 is 0 Å². The lowest BCUT2D eigenvalue weighted by Crippen LogP contribution is -2.69. The summed E-state index contributed by atoms with van der Waals surface area (Å²) in [6, 6.07) is 1.02. The van der Waals surface area contributed by atoms with Crippen LogP contribution in [0.4, 0.5) is 0 Å². The monoisotopic (exact) mass is 281 g/mol. The molecule has 3 atom stereocenters. The number of β-lactam (4-membered cyclic amide) rings is 1. The molecule has 0 spiro atoms. The predicted molar refractivity (Wildman–Crippen MR) is 65.6 cm³/mol. The van der Waals surface area contributed by atoms with Gasteiger partial charge in [-0.3, -0.25) is 9.59 Å². The minimum absolute atomic E-state index is 0.163. The van der Waals surface area contributed by atoms with Crippen LogP contribution in [0.25, 0.3) is 0 Å². The van der Waals surface area contributed by atoms with Gasteiger partial charge in [-0.2, -0.15) is 5.26 Å². The minimum Gasteiger partial charge on any atom is -0.478 e. The standard InChI is InChI=1S/C11H11N3O4S/c1-5-6(11(17)18)4-14-9(16)8(10(14)19-5)13-7(15)2-3-12/h4-5,8,10H,2H2,1H3,(H,13,15)(H,17,18)/t5?,8?,10-/m1/s1. The lowest BCUT2D eigenvalue weighted by Gasteiger charge is -2.48. The van der Waals surface area contributed by atoms with Crippen LogP contribution >= 0.6 is 11.8 Å². The molecule has 7 nitrogen and oxygen atoms in total. The van der Waals surface area contributed by atoms with E-state index in [1.807, 2.05) is 0 Å². The first-order valence-corrected chi connectivity index (χ1v) is 6.49. The van der Waals surface area contributed by atoms with Crippen molar-refractivity contribution in [1.82, 2.24) is 10.2 Å². The van der Waals surface area contributed by atoms with Gasteiger partial charge in [-0.15, -0.1) is 11.8 Å². The number of hydrogen-bond acceptors (Lipinski definition) is 5. The van der Waals surface area contributed by atoms with Gasteiger partial charge in [0.15, 0.2) is 0 Å². The summed E-state index contributed by atoms with van der Waals surface area (Å²) >= 11 is 1.30. The maximum absolute atomic E-state index is 11.8. The summed E-state index contributed by atoms with van der Waals surface area (Å²) in [6.07, 6.45) is 1.02. The van der Waals surface area contributed by atoms with E-state index in [-0.39, 0.29) is 28.5 Å². The summed E-state index contributed by atoms with van der Waals surface area (Å²) in [4.78, 5) is 35.4. The summed E-state index contributed by atoms with van der Waals surface area (Å²) in [5.41, 5.74) is 0.163. The molecule has 0 aliphatic carbocycles. The van der Waals surface area contributed by atoms with Crippen molar-refractivity contribution in [3.63, 3.8) is 0 Å². The van der Waals surface area contributed by atoms with Crippen molar-refractivity contribution >= 4 is 29.5 Å². The average Bonchev–Trinajstić information content (AvgIpc) is 2.35. The molecule has 1 saturated heterocycles. The molecule has 0 radical (unpaired) electrons. The number of nitrogens with one attached hydrogen (secondary N) is 1. The maximum atomic E-state index is 11.8. The van der Waals surface area contributed by atoms with Gasteiger partial charge < -0.3 is 15.3 Å². The van der Waals surface area contributed by atoms with E-state index < -0.39 is 17.9 Å². The van der Waals surface area contributed by atoms with E-state index in [0.717, 1.165) is 0 Å². The van der Waals surface area contributed by atoms with Crippen molar-refractivity contribution in [2.45, 2.75) is 30.0 Å². The SMILES string of the molecule is CC1S[C@@H]2C(NC(=O)CC#N)C(=O)N2C=C1C(=O)O. The van der Waals surface area contributed by atoms with E-state index in [1.54, 1.807) is 13.0 Å². The molecule has 0 bridgehead atoms. The second-order valence-electron chi connectivity index (χ2n) is 4.18. The van der Waals surface area contributed by atoms with Crippen molar-refractivity contribution in [2.75, 3.05) is 0 Å². The molecule has 2 aliphatic heterocycles. The fourth-order valence-electron chi connectivity index (χ4n) is 1.96. The third kappa shape index (κ3) is 2.29. The van der Waals surface area contributed by atoms with Crippen molar-refractivity contribution in [2.24, 2.45) is 0 Å². The second kappa shape index (κ2) is 4.93. The van der Waals surface area contributed by atoms with Gasteiger partial charge in [-0.05, 0) is 6.92 Å². The topological polar surface area (TPSA) is 111 Å². The highest BCUT2D eigenvalue weighted by Crippen LogP contribution is 2.40. The Kier molecular flexibility index (Phi) is 3.48. The number of carbonyl (C=O) groups is 3. The van der Waals surface area contributed by atoms with Crippen LogP contribution in [0.1, 0.15) is 13.3 Å². The molecule has 2 rings (SSSR count). The quantitative estimate of drug-likeness (QED) is 0.684. The number of amides is 2. The van der Waals surface area contributed by atoms with E-state index in [2.05, 4.69) is 5.32 Å². The Hall–Kier alpha value is -2.01. The summed E-state index contributed by atoms with van der Waals surface area (Å²) in [7, 11) is 0. The predicted octanol–water partition coefficient (Wildman–Crippen LogP) is -0.343.